The van der Waals surface area contributed by atoms with Gasteiger partial charge in [-0.25, -0.2) is 0 Å². The van der Waals surface area contributed by atoms with Crippen LogP contribution in [0.25, 0.3) is 10.9 Å². The SMILES string of the molecule is CN1CCN(Cc2cccc3cc(C(=O)N[C@H]4CCCC[C@H]4C(=O)NCC#N)[nH]c23)CC1. The number of carbonyl (C=O) groups excluding carboxylic acids is 2. The van der Waals surface area contributed by atoms with Gasteiger partial charge in [-0.3, -0.25) is 14.5 Å². The van der Waals surface area contributed by atoms with Crippen LogP contribution in [-0.2, 0) is 11.3 Å². The van der Waals surface area contributed by atoms with Gasteiger partial charge in [-0.15, -0.1) is 0 Å². The first kappa shape index (κ1) is 22.3. The van der Waals surface area contributed by atoms with Gasteiger partial charge in [-0.1, -0.05) is 31.0 Å². The van der Waals surface area contributed by atoms with Crippen molar-refractivity contribution in [3.63, 3.8) is 0 Å². The highest BCUT2D eigenvalue weighted by molar-refractivity contribution is 5.99. The van der Waals surface area contributed by atoms with Crippen LogP contribution in [0.4, 0.5) is 0 Å². The van der Waals surface area contributed by atoms with Crippen molar-refractivity contribution in [2.24, 2.45) is 5.92 Å². The van der Waals surface area contributed by atoms with Crippen molar-refractivity contribution in [1.29, 1.82) is 5.26 Å². The van der Waals surface area contributed by atoms with E-state index in [1.54, 1.807) is 0 Å². The molecule has 4 rings (SSSR count). The molecule has 2 aromatic rings. The van der Waals surface area contributed by atoms with Gasteiger partial charge in [-0.2, -0.15) is 5.26 Å². The molecule has 32 heavy (non-hydrogen) atoms. The van der Waals surface area contributed by atoms with Crippen LogP contribution in [-0.4, -0.2) is 72.4 Å². The quantitative estimate of drug-likeness (QED) is 0.600. The second-order valence-corrected chi connectivity index (χ2v) is 8.99. The van der Waals surface area contributed by atoms with Gasteiger partial charge in [0.2, 0.25) is 5.91 Å². The summed E-state index contributed by atoms with van der Waals surface area (Å²) in [6.07, 6.45) is 3.43. The van der Waals surface area contributed by atoms with Crippen LogP contribution in [0.2, 0.25) is 0 Å². The fourth-order valence-electron chi connectivity index (χ4n) is 4.84. The molecular weight excluding hydrogens is 404 g/mol. The number of likely N-dealkylation sites (N-methyl/N-ethyl adjacent to an activating group) is 1. The van der Waals surface area contributed by atoms with Crippen LogP contribution < -0.4 is 10.6 Å². The molecule has 0 radical (unpaired) electrons. The predicted octanol–water partition coefficient (Wildman–Crippen LogP) is 1.84. The number of amides is 2. The summed E-state index contributed by atoms with van der Waals surface area (Å²) in [5.74, 6) is -0.627. The minimum Gasteiger partial charge on any atom is -0.350 e. The van der Waals surface area contributed by atoms with Gasteiger partial charge in [0.05, 0.1) is 17.5 Å². The fraction of sp³-hybridized carbons (Fsp3) is 0.542. The Hall–Kier alpha value is -2.89. The Morgan fingerprint density at radius 2 is 1.97 bits per heavy atom. The summed E-state index contributed by atoms with van der Waals surface area (Å²) in [7, 11) is 2.15. The van der Waals surface area contributed by atoms with Crippen molar-refractivity contribution in [2.45, 2.75) is 38.3 Å². The molecule has 170 valence electrons. The maximum absolute atomic E-state index is 13.1. The molecule has 8 heteroatoms. The van der Waals surface area contributed by atoms with Crippen LogP contribution in [0.5, 0.6) is 0 Å². The van der Waals surface area contributed by atoms with E-state index in [-0.39, 0.29) is 30.3 Å². The third kappa shape index (κ3) is 5.12. The van der Waals surface area contributed by atoms with Crippen molar-refractivity contribution in [1.82, 2.24) is 25.4 Å². The summed E-state index contributed by atoms with van der Waals surface area (Å²) in [4.78, 5) is 33.6. The normalized spacial score (nSPS) is 22.4. The highest BCUT2D eigenvalue weighted by Gasteiger charge is 2.32. The number of para-hydroxylation sites is 1. The molecule has 1 aromatic heterocycles. The highest BCUT2D eigenvalue weighted by atomic mass is 16.2. The summed E-state index contributed by atoms with van der Waals surface area (Å²) in [6.45, 7) is 5.07. The summed E-state index contributed by atoms with van der Waals surface area (Å²) in [6, 6.07) is 9.80. The van der Waals surface area contributed by atoms with Crippen molar-refractivity contribution in [3.8, 4) is 6.07 Å². The van der Waals surface area contributed by atoms with Gasteiger partial charge in [0.1, 0.15) is 12.2 Å². The Bertz CT molecular complexity index is 1000. The molecule has 1 aliphatic heterocycles. The number of fused-ring (bicyclic) bond motifs is 1. The Labute approximate surface area is 188 Å². The Balaban J connectivity index is 1.46. The first-order chi connectivity index (χ1) is 15.5. The molecule has 2 heterocycles. The van der Waals surface area contributed by atoms with E-state index >= 15 is 0 Å². The van der Waals surface area contributed by atoms with E-state index < -0.39 is 0 Å². The number of hydrogen-bond acceptors (Lipinski definition) is 5. The minimum atomic E-state index is -0.293. The van der Waals surface area contributed by atoms with Gasteiger partial charge in [-0.05, 0) is 31.5 Å². The second-order valence-electron chi connectivity index (χ2n) is 8.99. The monoisotopic (exact) mass is 436 g/mol. The van der Waals surface area contributed by atoms with E-state index in [2.05, 4.69) is 38.5 Å². The maximum atomic E-state index is 13.1. The molecule has 0 unspecified atom stereocenters. The van der Waals surface area contributed by atoms with Crippen LogP contribution in [0.3, 0.4) is 0 Å². The molecule has 1 aliphatic carbocycles. The topological polar surface area (TPSA) is 104 Å². The molecule has 0 bridgehead atoms. The van der Waals surface area contributed by atoms with Crippen LogP contribution in [0, 0.1) is 17.2 Å². The number of nitrogens with one attached hydrogen (secondary N) is 3. The smallest absolute Gasteiger partial charge is 0.267 e. The number of H-pyrrole nitrogens is 1. The lowest BCUT2D eigenvalue weighted by Gasteiger charge is -2.32. The molecular formula is C24H32N6O2. The maximum Gasteiger partial charge on any atom is 0.267 e. The number of piperazine rings is 1. The van der Waals surface area contributed by atoms with Gasteiger partial charge < -0.3 is 20.5 Å². The van der Waals surface area contributed by atoms with E-state index in [1.165, 1.54) is 5.56 Å². The zero-order valence-corrected chi connectivity index (χ0v) is 18.7. The summed E-state index contributed by atoms with van der Waals surface area (Å²) >= 11 is 0. The second kappa shape index (κ2) is 10.2. The van der Waals surface area contributed by atoms with E-state index in [4.69, 9.17) is 5.26 Å². The lowest BCUT2D eigenvalue weighted by atomic mass is 9.83. The van der Waals surface area contributed by atoms with E-state index in [1.807, 2.05) is 24.3 Å². The number of rotatable bonds is 6. The lowest BCUT2D eigenvalue weighted by molar-refractivity contribution is -0.126. The molecule has 8 nitrogen and oxygen atoms in total. The third-order valence-corrected chi connectivity index (χ3v) is 6.74. The standard InChI is InChI=1S/C24H32N6O2/c1-29-11-13-30(14-12-29)16-18-6-4-5-17-15-21(27-22(17)18)24(32)28-20-8-3-2-7-19(20)23(31)26-10-9-25/h4-6,15,19-20,27H,2-3,7-8,10-14,16H2,1H3,(H,26,31)(H,28,32)/t19-,20+/m1/s1. The first-order valence-corrected chi connectivity index (χ1v) is 11.5. The number of aromatic amines is 1. The molecule has 1 saturated carbocycles. The average molecular weight is 437 g/mol. The number of carbonyl (C=O) groups is 2. The summed E-state index contributed by atoms with van der Waals surface area (Å²) < 4.78 is 0. The van der Waals surface area contributed by atoms with Gasteiger partial charge in [0.15, 0.2) is 0 Å². The fourth-order valence-corrected chi connectivity index (χ4v) is 4.84. The van der Waals surface area contributed by atoms with Crippen LogP contribution in [0.15, 0.2) is 24.3 Å². The molecule has 2 aliphatic rings. The lowest BCUT2D eigenvalue weighted by Crippen LogP contribution is -2.48. The summed E-state index contributed by atoms with van der Waals surface area (Å²) in [5, 5.41) is 15.5. The molecule has 1 saturated heterocycles. The molecule has 3 N–H and O–H groups in total. The molecule has 2 amide bonds. The third-order valence-electron chi connectivity index (χ3n) is 6.74. The molecule has 2 atom stereocenters. The molecule has 0 spiro atoms. The number of benzene rings is 1. The first-order valence-electron chi connectivity index (χ1n) is 11.5. The molecule has 1 aromatic carbocycles. The largest absolute Gasteiger partial charge is 0.350 e. The van der Waals surface area contributed by atoms with E-state index in [9.17, 15) is 9.59 Å². The Morgan fingerprint density at radius 3 is 2.75 bits per heavy atom. The van der Waals surface area contributed by atoms with Crippen molar-refractivity contribution >= 4 is 22.7 Å². The highest BCUT2D eigenvalue weighted by Crippen LogP contribution is 2.26. The molecule has 2 fully saturated rings. The zero-order valence-electron chi connectivity index (χ0n) is 18.7. The number of nitriles is 1. The van der Waals surface area contributed by atoms with Gasteiger partial charge in [0.25, 0.3) is 5.91 Å². The van der Waals surface area contributed by atoms with Crippen molar-refractivity contribution in [3.05, 3.63) is 35.5 Å². The minimum absolute atomic E-state index is 0.00585. The Kier molecular flexibility index (Phi) is 7.08. The van der Waals surface area contributed by atoms with Gasteiger partial charge >= 0.3 is 0 Å². The van der Waals surface area contributed by atoms with Crippen molar-refractivity contribution in [2.75, 3.05) is 39.8 Å². The Morgan fingerprint density at radius 1 is 1.19 bits per heavy atom. The zero-order chi connectivity index (χ0) is 22.5. The summed E-state index contributed by atoms with van der Waals surface area (Å²) in [5.41, 5.74) is 2.72. The average Bonchev–Trinajstić information content (AvgIpc) is 3.25. The van der Waals surface area contributed by atoms with Gasteiger partial charge in [0, 0.05) is 44.2 Å². The van der Waals surface area contributed by atoms with E-state index in [0.717, 1.165) is 69.3 Å². The van der Waals surface area contributed by atoms with E-state index in [0.29, 0.717) is 5.69 Å². The number of hydrogen-bond donors (Lipinski definition) is 3. The predicted molar refractivity (Wildman–Crippen MR) is 123 cm³/mol. The number of nitrogens with zero attached hydrogens (tertiary/aromatic N) is 3. The van der Waals surface area contributed by atoms with Crippen molar-refractivity contribution < 1.29 is 9.59 Å². The van der Waals surface area contributed by atoms with Crippen LogP contribution in [0.1, 0.15) is 41.7 Å². The van der Waals surface area contributed by atoms with Crippen LogP contribution >= 0.6 is 0 Å². The number of aromatic nitrogens is 1.